The monoisotopic (exact) mass is 443 g/mol. The molecular weight excluding hydrogens is 393 g/mol. The van der Waals surface area contributed by atoms with Crippen molar-refractivity contribution in [3.63, 3.8) is 0 Å². The highest BCUT2D eigenvalue weighted by Crippen LogP contribution is 2.49. The molecule has 0 saturated carbocycles. The second-order valence-corrected chi connectivity index (χ2v) is 10.5. The number of nitrogens with one attached hydrogen (secondary N) is 1. The first-order valence-electron chi connectivity index (χ1n) is 12.3. The van der Waals surface area contributed by atoms with Crippen LogP contribution in [-0.4, -0.2) is 32.5 Å². The molecule has 0 fully saturated rings. The molecule has 0 amide bonds. The van der Waals surface area contributed by atoms with E-state index in [1.54, 1.807) is 0 Å². The van der Waals surface area contributed by atoms with Crippen LogP contribution in [0, 0.1) is 11.8 Å². The molecule has 0 rings (SSSR count). The summed E-state index contributed by atoms with van der Waals surface area (Å²) in [6, 6.07) is 0.154. The average molecular weight is 444 g/mol. The van der Waals surface area contributed by atoms with Gasteiger partial charge in [0, 0.05) is 6.04 Å². The van der Waals surface area contributed by atoms with Gasteiger partial charge in [0.05, 0.1) is 19.4 Å². The van der Waals surface area contributed by atoms with Gasteiger partial charge >= 0.3 is 7.60 Å². The van der Waals surface area contributed by atoms with Gasteiger partial charge < -0.3 is 14.4 Å². The van der Waals surface area contributed by atoms with E-state index in [-0.39, 0.29) is 6.04 Å². The van der Waals surface area contributed by atoms with Gasteiger partial charge in [-0.1, -0.05) is 71.4 Å². The van der Waals surface area contributed by atoms with Crippen LogP contribution in [-0.2, 0) is 13.6 Å². The van der Waals surface area contributed by atoms with Crippen molar-refractivity contribution in [3.8, 4) is 0 Å². The molecule has 0 aliphatic carbocycles. The third-order valence-electron chi connectivity index (χ3n) is 5.84. The summed E-state index contributed by atoms with van der Waals surface area (Å²) in [7, 11) is -1.22. The van der Waals surface area contributed by atoms with Crippen LogP contribution in [0.25, 0.3) is 0 Å². The summed E-state index contributed by atoms with van der Waals surface area (Å²) in [5.74, 6) is 0.829. The minimum atomic E-state index is -3.15. The fourth-order valence-corrected chi connectivity index (χ4v) is 5.53. The Balaban J connectivity index is 4.86. The molecule has 0 spiro atoms. The van der Waals surface area contributed by atoms with Crippen LogP contribution in [0.15, 0.2) is 25.3 Å². The Labute approximate surface area is 187 Å². The van der Waals surface area contributed by atoms with Crippen LogP contribution in [0.4, 0.5) is 0 Å². The number of unbranched alkanes of at least 4 members (excludes halogenated alkanes) is 3. The molecule has 0 aromatic rings. The van der Waals surface area contributed by atoms with E-state index in [4.69, 9.17) is 9.05 Å². The highest BCUT2D eigenvalue weighted by molar-refractivity contribution is 7.53. The smallest absolute Gasteiger partial charge is 0.316 e. The summed E-state index contributed by atoms with van der Waals surface area (Å²) in [6.07, 6.45) is 16.3. The van der Waals surface area contributed by atoms with Crippen LogP contribution in [0.5, 0.6) is 0 Å². The normalized spacial score (nSPS) is 16.5. The largest absolute Gasteiger partial charge is 0.332 e. The Morgan fingerprint density at radius 2 is 1.23 bits per heavy atom. The zero-order valence-corrected chi connectivity index (χ0v) is 21.3. The van der Waals surface area contributed by atoms with Gasteiger partial charge in [-0.2, -0.15) is 0 Å². The standard InChI is InChI=1S/C25H50NO3P/c1-7-12-15-23(10-4)18-20-28-30(27,22-25(26-6)17-14-9-3)29-21-19-24(11-5)16-13-8-2/h10-11,23-26H,4-5,7-9,12-22H2,1-3,6H3. The van der Waals surface area contributed by atoms with Crippen molar-refractivity contribution in [1.29, 1.82) is 0 Å². The molecule has 0 aromatic heterocycles. The summed E-state index contributed by atoms with van der Waals surface area (Å²) < 4.78 is 25.5. The lowest BCUT2D eigenvalue weighted by atomic mass is 9.99. The summed E-state index contributed by atoms with van der Waals surface area (Å²) in [6.45, 7) is 15.4. The second kappa shape index (κ2) is 19.3. The predicted molar refractivity (Wildman–Crippen MR) is 132 cm³/mol. The lowest BCUT2D eigenvalue weighted by molar-refractivity contribution is 0.186. The van der Waals surface area contributed by atoms with Crippen LogP contribution in [0.2, 0.25) is 0 Å². The van der Waals surface area contributed by atoms with E-state index in [0.717, 1.165) is 44.9 Å². The van der Waals surface area contributed by atoms with Crippen molar-refractivity contribution in [2.45, 2.75) is 97.4 Å². The zero-order chi connectivity index (χ0) is 22.7. The third kappa shape index (κ3) is 14.6. The summed E-state index contributed by atoms with van der Waals surface area (Å²) in [4.78, 5) is 0. The molecule has 0 saturated heterocycles. The van der Waals surface area contributed by atoms with Crippen molar-refractivity contribution in [2.75, 3.05) is 26.4 Å². The SMILES string of the molecule is C=CC(CCCC)CCOP(=O)(CC(CCCC)NC)OCCC(C=C)CCCC. The Bertz CT molecular complexity index is 439. The molecule has 0 aliphatic heterocycles. The molecular formula is C25H50NO3P. The van der Waals surface area contributed by atoms with Gasteiger partial charge in [-0.3, -0.25) is 4.57 Å². The minimum Gasteiger partial charge on any atom is -0.316 e. The van der Waals surface area contributed by atoms with Crippen molar-refractivity contribution in [3.05, 3.63) is 25.3 Å². The first kappa shape index (κ1) is 29.6. The van der Waals surface area contributed by atoms with Gasteiger partial charge in [-0.05, 0) is 51.0 Å². The van der Waals surface area contributed by atoms with E-state index in [2.05, 4.69) is 39.2 Å². The number of rotatable bonds is 22. The van der Waals surface area contributed by atoms with Gasteiger partial charge in [-0.25, -0.2) is 0 Å². The summed E-state index contributed by atoms with van der Waals surface area (Å²) >= 11 is 0. The zero-order valence-electron chi connectivity index (χ0n) is 20.4. The fourth-order valence-electron chi connectivity index (χ4n) is 3.57. The van der Waals surface area contributed by atoms with Gasteiger partial charge in [0.2, 0.25) is 0 Å². The van der Waals surface area contributed by atoms with E-state index in [9.17, 15) is 4.57 Å². The van der Waals surface area contributed by atoms with E-state index >= 15 is 0 Å². The van der Waals surface area contributed by atoms with Crippen LogP contribution in [0.3, 0.4) is 0 Å². The van der Waals surface area contributed by atoms with Crippen LogP contribution < -0.4 is 5.32 Å². The van der Waals surface area contributed by atoms with E-state index in [0.29, 0.717) is 31.2 Å². The Kier molecular flexibility index (Phi) is 19.0. The summed E-state index contributed by atoms with van der Waals surface area (Å²) in [5.41, 5.74) is 0. The van der Waals surface area contributed by atoms with Gasteiger partial charge in [-0.15, -0.1) is 13.2 Å². The Hall–Kier alpha value is -0.410. The molecule has 1 N–H and O–H groups in total. The fraction of sp³-hybridized carbons (Fsp3) is 0.840. The molecule has 178 valence electrons. The summed E-state index contributed by atoms with van der Waals surface area (Å²) in [5, 5.41) is 3.30. The number of allylic oxidation sites excluding steroid dienone is 2. The predicted octanol–water partition coefficient (Wildman–Crippen LogP) is 7.76. The van der Waals surface area contributed by atoms with Gasteiger partial charge in [0.25, 0.3) is 0 Å². The molecule has 5 heteroatoms. The topological polar surface area (TPSA) is 47.6 Å². The maximum Gasteiger partial charge on any atom is 0.332 e. The lowest BCUT2D eigenvalue weighted by Gasteiger charge is -2.25. The van der Waals surface area contributed by atoms with Crippen molar-refractivity contribution >= 4 is 7.60 Å². The molecule has 3 unspecified atom stereocenters. The minimum absolute atomic E-state index is 0.154. The van der Waals surface area contributed by atoms with E-state index in [1.807, 2.05) is 19.2 Å². The van der Waals surface area contributed by atoms with Gasteiger partial charge in [0.1, 0.15) is 0 Å². The van der Waals surface area contributed by atoms with Crippen LogP contribution >= 0.6 is 7.60 Å². The molecule has 0 radical (unpaired) electrons. The molecule has 0 bridgehead atoms. The van der Waals surface area contributed by atoms with E-state index in [1.165, 1.54) is 25.7 Å². The second-order valence-electron chi connectivity index (χ2n) is 8.44. The van der Waals surface area contributed by atoms with Crippen molar-refractivity contribution in [1.82, 2.24) is 5.32 Å². The first-order chi connectivity index (χ1) is 14.5. The molecule has 0 aliphatic rings. The lowest BCUT2D eigenvalue weighted by Crippen LogP contribution is -2.30. The first-order valence-corrected chi connectivity index (χ1v) is 14.0. The molecule has 0 aromatic carbocycles. The Morgan fingerprint density at radius 3 is 1.60 bits per heavy atom. The molecule has 0 heterocycles. The average Bonchev–Trinajstić information content (AvgIpc) is 2.75. The highest BCUT2D eigenvalue weighted by atomic mass is 31.2. The van der Waals surface area contributed by atoms with Gasteiger partial charge in [0.15, 0.2) is 0 Å². The maximum absolute atomic E-state index is 13.6. The van der Waals surface area contributed by atoms with Crippen molar-refractivity contribution < 1.29 is 13.6 Å². The maximum atomic E-state index is 13.6. The number of hydrogen-bond acceptors (Lipinski definition) is 4. The highest BCUT2D eigenvalue weighted by Gasteiger charge is 2.29. The number of hydrogen-bond donors (Lipinski definition) is 1. The van der Waals surface area contributed by atoms with Crippen molar-refractivity contribution in [2.24, 2.45) is 11.8 Å². The quantitative estimate of drug-likeness (QED) is 0.137. The molecule has 30 heavy (non-hydrogen) atoms. The van der Waals surface area contributed by atoms with Crippen LogP contribution in [0.1, 0.15) is 91.4 Å². The van der Waals surface area contributed by atoms with E-state index < -0.39 is 7.60 Å². The third-order valence-corrected chi connectivity index (χ3v) is 7.88. The molecule has 3 atom stereocenters. The molecule has 4 nitrogen and oxygen atoms in total. The Morgan fingerprint density at radius 1 is 0.800 bits per heavy atom.